The Bertz CT molecular complexity index is 398. The van der Waals surface area contributed by atoms with Crippen molar-refractivity contribution in [3.05, 3.63) is 0 Å². The molecule has 0 amide bonds. The second kappa shape index (κ2) is 9.60. The minimum Gasteiger partial charge on any atom is -0.356 e. The minimum absolute atomic E-state index is 0. The highest BCUT2D eigenvalue weighted by Crippen LogP contribution is 2.45. The van der Waals surface area contributed by atoms with E-state index in [0.29, 0.717) is 5.41 Å². The summed E-state index contributed by atoms with van der Waals surface area (Å²) in [6, 6.07) is 0. The summed E-state index contributed by atoms with van der Waals surface area (Å²) < 4.78 is 0. The van der Waals surface area contributed by atoms with E-state index in [1.54, 1.807) is 0 Å². The van der Waals surface area contributed by atoms with Gasteiger partial charge >= 0.3 is 0 Å². The molecule has 1 N–H and O–H groups in total. The number of halogens is 1. The van der Waals surface area contributed by atoms with Crippen molar-refractivity contribution in [2.45, 2.75) is 58.3 Å². The van der Waals surface area contributed by atoms with Crippen molar-refractivity contribution < 1.29 is 0 Å². The number of piperidine rings is 1. The average molecular weight is 448 g/mol. The predicted octanol–water partition coefficient (Wildman–Crippen LogP) is 3.57. The van der Waals surface area contributed by atoms with E-state index in [9.17, 15) is 0 Å². The summed E-state index contributed by atoms with van der Waals surface area (Å²) in [7, 11) is 1.95. The molecule has 0 radical (unpaired) electrons. The van der Waals surface area contributed by atoms with E-state index in [4.69, 9.17) is 0 Å². The lowest BCUT2D eigenvalue weighted by molar-refractivity contribution is 0.187. The zero-order valence-corrected chi connectivity index (χ0v) is 18.1. The van der Waals surface area contributed by atoms with Crippen LogP contribution in [0.1, 0.15) is 58.3 Å². The van der Waals surface area contributed by atoms with Crippen molar-refractivity contribution in [1.29, 1.82) is 0 Å². The molecule has 1 spiro atoms. The van der Waals surface area contributed by atoms with Crippen LogP contribution in [-0.2, 0) is 0 Å². The Morgan fingerprint density at radius 1 is 1.12 bits per heavy atom. The van der Waals surface area contributed by atoms with Gasteiger partial charge in [0.2, 0.25) is 0 Å². The van der Waals surface area contributed by atoms with E-state index in [2.05, 4.69) is 27.0 Å². The fourth-order valence-electron chi connectivity index (χ4n) is 4.96. The highest BCUT2D eigenvalue weighted by molar-refractivity contribution is 14.0. The Balaban J connectivity index is 0.00000208. The molecule has 5 heteroatoms. The number of nitrogens with zero attached hydrogens (tertiary/aromatic N) is 3. The smallest absolute Gasteiger partial charge is 0.193 e. The molecule has 4 nitrogen and oxygen atoms in total. The number of aliphatic imine (C=N–C) groups is 1. The number of hydrogen-bond donors (Lipinski definition) is 1. The summed E-state index contributed by atoms with van der Waals surface area (Å²) >= 11 is 0. The van der Waals surface area contributed by atoms with Crippen molar-refractivity contribution in [1.82, 2.24) is 15.1 Å². The summed E-state index contributed by atoms with van der Waals surface area (Å²) in [4.78, 5) is 9.65. The van der Waals surface area contributed by atoms with Crippen LogP contribution in [0.15, 0.2) is 4.99 Å². The summed E-state index contributed by atoms with van der Waals surface area (Å²) in [5.74, 6) is 2.06. The van der Waals surface area contributed by atoms with Crippen molar-refractivity contribution in [2.24, 2.45) is 16.3 Å². The number of nitrogens with one attached hydrogen (secondary N) is 1. The zero-order valence-electron chi connectivity index (χ0n) is 15.7. The highest BCUT2D eigenvalue weighted by Gasteiger charge is 2.41. The molecule has 0 aromatic rings. The average Bonchev–Trinajstić information content (AvgIpc) is 3.22. The first-order valence-corrected chi connectivity index (χ1v) is 9.93. The quantitative estimate of drug-likeness (QED) is 0.405. The molecule has 140 valence electrons. The third-order valence-electron chi connectivity index (χ3n) is 6.60. The van der Waals surface area contributed by atoms with Crippen molar-refractivity contribution >= 4 is 29.9 Å². The van der Waals surface area contributed by atoms with Gasteiger partial charge in [-0.3, -0.25) is 4.99 Å². The van der Waals surface area contributed by atoms with Gasteiger partial charge in [0.15, 0.2) is 5.96 Å². The molecule has 0 aromatic heterocycles. The Kier molecular flexibility index (Phi) is 8.11. The first-order valence-electron chi connectivity index (χ1n) is 9.93. The van der Waals surface area contributed by atoms with Crippen LogP contribution in [0.2, 0.25) is 0 Å². The molecule has 0 bridgehead atoms. The van der Waals surface area contributed by atoms with Crippen molar-refractivity contribution in [2.75, 3.05) is 46.3 Å². The molecule has 1 saturated carbocycles. The molecule has 0 atom stereocenters. The maximum atomic E-state index is 4.56. The normalized spacial score (nSPS) is 25.2. The van der Waals surface area contributed by atoms with E-state index in [-0.39, 0.29) is 24.0 Å². The molecule has 0 unspecified atom stereocenters. The van der Waals surface area contributed by atoms with Gasteiger partial charge < -0.3 is 15.1 Å². The molecule has 2 aliphatic heterocycles. The van der Waals surface area contributed by atoms with E-state index in [1.807, 2.05) is 7.05 Å². The minimum atomic E-state index is 0. The molecular formula is C19H37IN4. The van der Waals surface area contributed by atoms with Gasteiger partial charge in [0.1, 0.15) is 0 Å². The van der Waals surface area contributed by atoms with Crippen molar-refractivity contribution in [3.8, 4) is 0 Å². The summed E-state index contributed by atoms with van der Waals surface area (Å²) in [5, 5.41) is 3.65. The van der Waals surface area contributed by atoms with Gasteiger partial charge in [-0.15, -0.1) is 24.0 Å². The van der Waals surface area contributed by atoms with Gasteiger partial charge in [-0.1, -0.05) is 19.8 Å². The fourth-order valence-corrected chi connectivity index (χ4v) is 4.96. The first kappa shape index (κ1) is 20.3. The number of guanidine groups is 1. The summed E-state index contributed by atoms with van der Waals surface area (Å²) in [6.45, 7) is 9.62. The number of likely N-dealkylation sites (tertiary alicyclic amines) is 2. The van der Waals surface area contributed by atoms with Gasteiger partial charge in [-0.05, 0) is 69.5 Å². The van der Waals surface area contributed by atoms with Gasteiger partial charge in [-0.2, -0.15) is 0 Å². The maximum absolute atomic E-state index is 4.56. The second-order valence-electron chi connectivity index (χ2n) is 8.02. The van der Waals surface area contributed by atoms with Crippen LogP contribution in [0.25, 0.3) is 0 Å². The van der Waals surface area contributed by atoms with Crippen LogP contribution >= 0.6 is 24.0 Å². The van der Waals surface area contributed by atoms with E-state index in [1.165, 1.54) is 84.1 Å². The third-order valence-corrected chi connectivity index (χ3v) is 6.60. The summed E-state index contributed by atoms with van der Waals surface area (Å²) in [5.41, 5.74) is 0.630. The maximum Gasteiger partial charge on any atom is 0.193 e. The van der Waals surface area contributed by atoms with Crippen LogP contribution in [-0.4, -0.2) is 62.1 Å². The fraction of sp³-hybridized carbons (Fsp3) is 0.947. The molecule has 1 aliphatic carbocycles. The second-order valence-corrected chi connectivity index (χ2v) is 8.02. The lowest BCUT2D eigenvalue weighted by atomic mass is 9.86. The van der Waals surface area contributed by atoms with Crippen LogP contribution in [0.5, 0.6) is 0 Å². The summed E-state index contributed by atoms with van der Waals surface area (Å²) in [6.07, 6.45) is 11.2. The highest BCUT2D eigenvalue weighted by atomic mass is 127. The van der Waals surface area contributed by atoms with Crippen LogP contribution in [0, 0.1) is 11.3 Å². The molecule has 2 heterocycles. The molecular weight excluding hydrogens is 411 g/mol. The largest absolute Gasteiger partial charge is 0.356 e. The van der Waals surface area contributed by atoms with Gasteiger partial charge in [0.25, 0.3) is 0 Å². The molecule has 3 rings (SSSR count). The van der Waals surface area contributed by atoms with Gasteiger partial charge in [0.05, 0.1) is 0 Å². The van der Waals surface area contributed by atoms with Crippen molar-refractivity contribution in [3.63, 3.8) is 0 Å². The topological polar surface area (TPSA) is 30.9 Å². The SMILES string of the molecule is CCN1CCC(CCNC(=NC)N2CCC3(CCCC3)C2)CC1.I. The Labute approximate surface area is 165 Å². The first-order chi connectivity index (χ1) is 11.2. The van der Waals surface area contributed by atoms with Gasteiger partial charge in [-0.25, -0.2) is 0 Å². The Morgan fingerprint density at radius 3 is 2.46 bits per heavy atom. The van der Waals surface area contributed by atoms with E-state index < -0.39 is 0 Å². The van der Waals surface area contributed by atoms with Crippen LogP contribution in [0.4, 0.5) is 0 Å². The number of hydrogen-bond acceptors (Lipinski definition) is 2. The third kappa shape index (κ3) is 4.99. The van der Waals surface area contributed by atoms with E-state index in [0.717, 1.165) is 18.4 Å². The van der Waals surface area contributed by atoms with Crippen LogP contribution < -0.4 is 5.32 Å². The lowest BCUT2D eigenvalue weighted by Gasteiger charge is -2.31. The monoisotopic (exact) mass is 448 g/mol. The lowest BCUT2D eigenvalue weighted by Crippen LogP contribution is -2.42. The molecule has 2 saturated heterocycles. The molecule has 3 aliphatic rings. The molecule has 24 heavy (non-hydrogen) atoms. The molecule has 3 fully saturated rings. The van der Waals surface area contributed by atoms with E-state index >= 15 is 0 Å². The molecule has 0 aromatic carbocycles. The van der Waals surface area contributed by atoms with Crippen LogP contribution in [0.3, 0.4) is 0 Å². The number of rotatable bonds is 4. The van der Waals surface area contributed by atoms with Gasteiger partial charge in [0, 0.05) is 26.7 Å². The predicted molar refractivity (Wildman–Crippen MR) is 113 cm³/mol. The zero-order chi connectivity index (χ0) is 16.1. The Morgan fingerprint density at radius 2 is 1.83 bits per heavy atom. The standard InChI is InChI=1S/C19H36N4.HI/c1-3-22-13-7-17(8-14-22)6-12-21-18(20-2)23-15-11-19(16-23)9-4-5-10-19;/h17H,3-16H2,1-2H3,(H,20,21);1H. The Hall–Kier alpha value is -0.0400.